The van der Waals surface area contributed by atoms with Crippen molar-refractivity contribution in [3.63, 3.8) is 0 Å². The van der Waals surface area contributed by atoms with Crippen molar-refractivity contribution in [3.8, 4) is 5.75 Å². The first kappa shape index (κ1) is 24.0. The van der Waals surface area contributed by atoms with Crippen LogP contribution < -0.4 is 4.74 Å². The van der Waals surface area contributed by atoms with Gasteiger partial charge in [0.15, 0.2) is 0 Å². The van der Waals surface area contributed by atoms with Crippen LogP contribution in [0.3, 0.4) is 0 Å². The Morgan fingerprint density at radius 3 is 2.56 bits per heavy atom. The first-order chi connectivity index (χ1) is 17.1. The molecule has 184 valence electrons. The van der Waals surface area contributed by atoms with Crippen LogP contribution in [0, 0.1) is 19.3 Å². The molecule has 0 bridgehead atoms. The molecular formula is C25H23N5O4S2. The molecule has 2 aromatic carbocycles. The molecule has 5 rings (SSSR count). The number of carbonyl (C=O) groups excluding carboxylic acids is 1. The number of aryl methyl sites for hydroxylation is 2. The van der Waals surface area contributed by atoms with Crippen molar-refractivity contribution in [2.75, 3.05) is 12.9 Å². The molecule has 36 heavy (non-hydrogen) atoms. The van der Waals surface area contributed by atoms with Gasteiger partial charge in [-0.05, 0) is 37.1 Å². The number of aromatic nitrogens is 1. The van der Waals surface area contributed by atoms with Gasteiger partial charge in [-0.2, -0.15) is 9.39 Å². The average molecular weight is 522 g/mol. The molecule has 1 aromatic heterocycles. The maximum Gasteiger partial charge on any atom is 0.283 e. The molecule has 9 nitrogen and oxygen atoms in total. The zero-order valence-corrected chi connectivity index (χ0v) is 21.5. The first-order valence-electron chi connectivity index (χ1n) is 11.1. The molecule has 2 aliphatic heterocycles. The van der Waals surface area contributed by atoms with Crippen LogP contribution in [-0.4, -0.2) is 52.8 Å². The maximum atomic E-state index is 12.8. The van der Waals surface area contributed by atoms with Crippen molar-refractivity contribution in [2.24, 2.45) is 9.39 Å². The number of rotatable bonds is 5. The number of benzene rings is 2. The Kier molecular flexibility index (Phi) is 6.05. The second kappa shape index (κ2) is 9.07. The standard InChI is InChI=1S/C25H23N5O4S2/c1-15-7-6-8-16(2)21(15)34-12-11-29-14-17(18-9-4-5-10-20(18)29)13-19-22(26)30-24(27-23(19)31)35-28-25(30)36(3,32)33/h4-10,13-14,26H,11-12H2,1-3H3/b19-13-,26-22?. The normalized spacial score (nSPS) is 17.0. The Bertz CT molecular complexity index is 1610. The fourth-order valence-electron chi connectivity index (χ4n) is 4.24. The summed E-state index contributed by atoms with van der Waals surface area (Å²) in [6, 6.07) is 13.8. The molecule has 2 aliphatic rings. The summed E-state index contributed by atoms with van der Waals surface area (Å²) >= 11 is 0.771. The molecule has 0 radical (unpaired) electrons. The van der Waals surface area contributed by atoms with E-state index in [1.165, 1.54) is 0 Å². The van der Waals surface area contributed by atoms with Gasteiger partial charge in [-0.1, -0.05) is 36.4 Å². The third-order valence-corrected chi connectivity index (χ3v) is 7.69. The number of hydrogen-bond donors (Lipinski definition) is 1. The molecule has 3 aromatic rings. The van der Waals surface area contributed by atoms with Crippen LogP contribution in [0.5, 0.6) is 5.75 Å². The van der Waals surface area contributed by atoms with Crippen LogP contribution in [0.2, 0.25) is 0 Å². The number of carbonyl (C=O) groups is 1. The number of nitrogens with one attached hydrogen (secondary N) is 1. The van der Waals surface area contributed by atoms with Crippen LogP contribution in [0.15, 0.2) is 63.6 Å². The zero-order valence-electron chi connectivity index (χ0n) is 19.8. The topological polar surface area (TPSA) is 117 Å². The predicted molar refractivity (Wildman–Crippen MR) is 143 cm³/mol. The van der Waals surface area contributed by atoms with Gasteiger partial charge in [-0.15, -0.1) is 0 Å². The highest BCUT2D eigenvalue weighted by Gasteiger charge is 2.41. The maximum absolute atomic E-state index is 12.8. The van der Waals surface area contributed by atoms with E-state index in [0.717, 1.165) is 50.9 Å². The van der Waals surface area contributed by atoms with Gasteiger partial charge in [0.25, 0.3) is 5.91 Å². The number of nitrogens with zero attached hydrogens (tertiary/aromatic N) is 4. The van der Waals surface area contributed by atoms with Crippen molar-refractivity contribution >= 4 is 60.8 Å². The highest BCUT2D eigenvalue weighted by molar-refractivity contribution is 8.16. The fourth-order valence-corrected chi connectivity index (χ4v) is 6.09. The van der Waals surface area contributed by atoms with Crippen LogP contribution >= 0.6 is 11.9 Å². The second-order valence-corrected chi connectivity index (χ2v) is 11.2. The molecule has 3 heterocycles. The SMILES string of the molecule is Cc1cccc(C)c1OCCn1cc(/C=C2/C(=N)N3C(=NC2=O)SN=C3S(C)(=O)=O)c2ccccc21. The van der Waals surface area contributed by atoms with E-state index in [1.807, 2.05) is 67.1 Å². The molecule has 11 heteroatoms. The minimum atomic E-state index is -3.71. The van der Waals surface area contributed by atoms with E-state index in [2.05, 4.69) is 9.39 Å². The van der Waals surface area contributed by atoms with Crippen LogP contribution in [-0.2, 0) is 21.2 Å². The lowest BCUT2D eigenvalue weighted by Crippen LogP contribution is -2.45. The van der Waals surface area contributed by atoms with Crippen LogP contribution in [0.1, 0.15) is 16.7 Å². The molecule has 0 fully saturated rings. The first-order valence-corrected chi connectivity index (χ1v) is 13.8. The van der Waals surface area contributed by atoms with Crippen molar-refractivity contribution in [2.45, 2.75) is 20.4 Å². The Labute approximate surface area is 212 Å². The quantitative estimate of drug-likeness (QED) is 0.401. The van der Waals surface area contributed by atoms with Crippen molar-refractivity contribution in [1.82, 2.24) is 9.47 Å². The van der Waals surface area contributed by atoms with Gasteiger partial charge >= 0.3 is 0 Å². The monoisotopic (exact) mass is 521 g/mol. The van der Waals surface area contributed by atoms with Crippen LogP contribution in [0.4, 0.5) is 0 Å². The lowest BCUT2D eigenvalue weighted by molar-refractivity contribution is -0.114. The number of fused-ring (bicyclic) bond motifs is 2. The third-order valence-electron chi connectivity index (χ3n) is 5.93. The molecule has 0 unspecified atom stereocenters. The van der Waals surface area contributed by atoms with Crippen LogP contribution in [0.25, 0.3) is 17.0 Å². The smallest absolute Gasteiger partial charge is 0.283 e. The number of aliphatic imine (C=N–C) groups is 1. The molecular weight excluding hydrogens is 498 g/mol. The Balaban J connectivity index is 1.47. The lowest BCUT2D eigenvalue weighted by Gasteiger charge is -2.23. The molecule has 0 aliphatic carbocycles. The minimum Gasteiger partial charge on any atom is -0.491 e. The molecule has 1 amide bonds. The summed E-state index contributed by atoms with van der Waals surface area (Å²) < 4.78 is 36.3. The predicted octanol–water partition coefficient (Wildman–Crippen LogP) is 3.96. The molecule has 0 saturated carbocycles. The summed E-state index contributed by atoms with van der Waals surface area (Å²) in [6.45, 7) is 5.04. The van der Waals surface area contributed by atoms with Gasteiger partial charge in [0, 0.05) is 28.9 Å². The van der Waals surface area contributed by atoms with Crippen molar-refractivity contribution in [1.29, 1.82) is 5.41 Å². The summed E-state index contributed by atoms with van der Waals surface area (Å²) in [6.07, 6.45) is 4.49. The molecule has 0 saturated heterocycles. The van der Waals surface area contributed by atoms with E-state index in [1.54, 1.807) is 6.08 Å². The minimum absolute atomic E-state index is 0.00714. The van der Waals surface area contributed by atoms with E-state index < -0.39 is 15.7 Å². The number of sulfone groups is 1. The Morgan fingerprint density at radius 1 is 1.11 bits per heavy atom. The molecule has 0 atom stereocenters. The van der Waals surface area contributed by atoms with E-state index in [4.69, 9.17) is 10.1 Å². The van der Waals surface area contributed by atoms with Crippen molar-refractivity contribution < 1.29 is 17.9 Å². The highest BCUT2D eigenvalue weighted by atomic mass is 32.2. The summed E-state index contributed by atoms with van der Waals surface area (Å²) in [7, 11) is -3.71. The Hall–Kier alpha value is -3.70. The van der Waals surface area contributed by atoms with E-state index in [0.29, 0.717) is 18.7 Å². The van der Waals surface area contributed by atoms with Gasteiger partial charge in [0.2, 0.25) is 20.2 Å². The van der Waals surface area contributed by atoms with Gasteiger partial charge in [-0.3, -0.25) is 10.2 Å². The van der Waals surface area contributed by atoms with Gasteiger partial charge in [0.1, 0.15) is 18.2 Å². The van der Waals surface area contributed by atoms with E-state index in [-0.39, 0.29) is 21.7 Å². The second-order valence-electron chi connectivity index (χ2n) is 8.54. The largest absolute Gasteiger partial charge is 0.491 e. The fraction of sp³-hybridized carbons (Fsp3) is 0.200. The van der Waals surface area contributed by atoms with Gasteiger partial charge in [0.05, 0.1) is 24.1 Å². The lowest BCUT2D eigenvalue weighted by atomic mass is 10.1. The van der Waals surface area contributed by atoms with Gasteiger partial charge < -0.3 is 9.30 Å². The van der Waals surface area contributed by atoms with E-state index in [9.17, 15) is 13.2 Å². The average Bonchev–Trinajstić information content (AvgIpc) is 3.41. The summed E-state index contributed by atoms with van der Waals surface area (Å²) in [4.78, 5) is 17.9. The highest BCUT2D eigenvalue weighted by Crippen LogP contribution is 2.31. The number of para-hydroxylation sites is 2. The summed E-state index contributed by atoms with van der Waals surface area (Å²) in [5, 5.41) is 9.24. The van der Waals surface area contributed by atoms with Crippen molar-refractivity contribution in [3.05, 3.63) is 70.9 Å². The molecule has 0 spiro atoms. The number of amidine groups is 3. The number of ether oxygens (including phenoxy) is 1. The molecule has 1 N–H and O–H groups in total. The third kappa shape index (κ3) is 4.24. The Morgan fingerprint density at radius 2 is 1.83 bits per heavy atom. The summed E-state index contributed by atoms with van der Waals surface area (Å²) in [5.74, 6) is -0.00805. The zero-order chi connectivity index (χ0) is 25.6. The van der Waals surface area contributed by atoms with E-state index >= 15 is 0 Å². The summed E-state index contributed by atoms with van der Waals surface area (Å²) in [5.41, 5.74) is 3.80. The number of amides is 1. The number of hydrogen-bond acceptors (Lipinski definition) is 7. The van der Waals surface area contributed by atoms with Gasteiger partial charge in [-0.25, -0.2) is 13.3 Å².